The minimum Gasteiger partial charge on any atom is -0.391 e. The normalized spacial score (nSPS) is 13.1. The van der Waals surface area contributed by atoms with E-state index in [1.807, 2.05) is 0 Å². The number of amides is 2. The summed E-state index contributed by atoms with van der Waals surface area (Å²) < 4.78 is 26.4. The second-order valence-electron chi connectivity index (χ2n) is 5.51. The van der Waals surface area contributed by atoms with E-state index in [1.165, 1.54) is 24.3 Å². The zero-order valence-electron chi connectivity index (χ0n) is 13.5. The highest BCUT2D eigenvalue weighted by molar-refractivity contribution is 7.12. The van der Waals surface area contributed by atoms with Gasteiger partial charge in [-0.15, -0.1) is 11.3 Å². The molecule has 0 fully saturated rings. The summed E-state index contributed by atoms with van der Waals surface area (Å²) in [4.78, 5) is 24.3. The van der Waals surface area contributed by atoms with Crippen molar-refractivity contribution in [2.24, 2.45) is 0 Å². The van der Waals surface area contributed by atoms with Gasteiger partial charge in [-0.05, 0) is 30.0 Å². The highest BCUT2D eigenvalue weighted by Crippen LogP contribution is 2.11. The molecule has 2 aromatic rings. The topological polar surface area (TPSA) is 78.4 Å². The van der Waals surface area contributed by atoms with Crippen LogP contribution < -0.4 is 10.6 Å². The largest absolute Gasteiger partial charge is 0.391 e. The summed E-state index contributed by atoms with van der Waals surface area (Å²) in [6, 6.07) is 5.68. The fourth-order valence-corrected chi connectivity index (χ4v) is 2.75. The van der Waals surface area contributed by atoms with Crippen molar-refractivity contribution in [1.29, 1.82) is 0 Å². The first-order valence-electron chi connectivity index (χ1n) is 7.61. The summed E-state index contributed by atoms with van der Waals surface area (Å²) in [5.41, 5.74) is 0.155. The van der Waals surface area contributed by atoms with Crippen LogP contribution in [0, 0.1) is 11.6 Å². The summed E-state index contributed by atoms with van der Waals surface area (Å²) in [5, 5.41) is 16.7. The molecule has 0 unspecified atom stereocenters. The van der Waals surface area contributed by atoms with E-state index in [1.54, 1.807) is 17.5 Å². The van der Waals surface area contributed by atoms with Crippen molar-refractivity contribution >= 4 is 23.2 Å². The van der Waals surface area contributed by atoms with E-state index in [9.17, 15) is 23.5 Å². The predicted molar refractivity (Wildman–Crippen MR) is 90.3 cm³/mol. The second-order valence-corrected chi connectivity index (χ2v) is 6.46. The number of hydrogen-bond donors (Lipinski definition) is 3. The standard InChI is InChI=1S/C17H18F2N2O3S/c1-10(21-17(24)15-3-2-6-25-15)16(23)20-9-13(22)7-11-4-5-12(18)8-14(11)19/h2-6,8,10,13,22H,7,9H2,1H3,(H,20,23)(H,21,24)/t10-,13+/m1/s1. The number of benzene rings is 1. The zero-order valence-corrected chi connectivity index (χ0v) is 14.3. The second kappa shape index (κ2) is 8.68. The lowest BCUT2D eigenvalue weighted by Gasteiger charge is -2.16. The maximum Gasteiger partial charge on any atom is 0.261 e. The molecule has 8 heteroatoms. The van der Waals surface area contributed by atoms with Gasteiger partial charge < -0.3 is 15.7 Å². The molecule has 0 aliphatic rings. The molecule has 134 valence electrons. The summed E-state index contributed by atoms with van der Waals surface area (Å²) in [7, 11) is 0. The minimum atomic E-state index is -1.04. The van der Waals surface area contributed by atoms with E-state index in [-0.39, 0.29) is 24.4 Å². The first kappa shape index (κ1) is 19.0. The monoisotopic (exact) mass is 368 g/mol. The van der Waals surface area contributed by atoms with Crippen molar-refractivity contribution in [3.05, 3.63) is 57.8 Å². The van der Waals surface area contributed by atoms with Gasteiger partial charge in [0.1, 0.15) is 17.7 Å². The van der Waals surface area contributed by atoms with Crippen LogP contribution in [0.3, 0.4) is 0 Å². The van der Waals surface area contributed by atoms with E-state index in [0.29, 0.717) is 4.88 Å². The number of halogens is 2. The molecule has 0 aliphatic heterocycles. The van der Waals surface area contributed by atoms with E-state index in [0.717, 1.165) is 12.1 Å². The molecule has 0 radical (unpaired) electrons. The number of rotatable bonds is 7. The number of nitrogens with one attached hydrogen (secondary N) is 2. The molecule has 5 nitrogen and oxygen atoms in total. The van der Waals surface area contributed by atoms with Crippen molar-refractivity contribution in [3.63, 3.8) is 0 Å². The van der Waals surface area contributed by atoms with Crippen LogP contribution in [0.4, 0.5) is 8.78 Å². The first-order valence-corrected chi connectivity index (χ1v) is 8.49. The number of thiophene rings is 1. The molecule has 0 spiro atoms. The van der Waals surface area contributed by atoms with Crippen LogP contribution in [0.5, 0.6) is 0 Å². The lowest BCUT2D eigenvalue weighted by Crippen LogP contribution is -2.46. The fraction of sp³-hybridized carbons (Fsp3) is 0.294. The molecule has 1 heterocycles. The average molecular weight is 368 g/mol. The SMILES string of the molecule is C[C@@H](NC(=O)c1cccs1)C(=O)NC[C@@H](O)Cc1ccc(F)cc1F. The molecule has 2 atom stereocenters. The van der Waals surface area contributed by atoms with Gasteiger partial charge in [0.2, 0.25) is 5.91 Å². The van der Waals surface area contributed by atoms with Gasteiger partial charge in [0.25, 0.3) is 5.91 Å². The molecule has 1 aromatic carbocycles. The van der Waals surface area contributed by atoms with Crippen LogP contribution in [-0.2, 0) is 11.2 Å². The molecular formula is C17H18F2N2O3S. The van der Waals surface area contributed by atoms with Crippen LogP contribution in [0.25, 0.3) is 0 Å². The summed E-state index contributed by atoms with van der Waals surface area (Å²) >= 11 is 1.26. The number of carbonyl (C=O) groups is 2. The predicted octanol–water partition coefficient (Wildman–Crippen LogP) is 1.86. The van der Waals surface area contributed by atoms with Crippen LogP contribution in [0.1, 0.15) is 22.2 Å². The number of carbonyl (C=O) groups excluding carboxylic acids is 2. The van der Waals surface area contributed by atoms with Gasteiger partial charge in [-0.25, -0.2) is 8.78 Å². The number of aliphatic hydroxyl groups excluding tert-OH is 1. The van der Waals surface area contributed by atoms with E-state index in [4.69, 9.17) is 0 Å². The third-order valence-corrected chi connectivity index (χ3v) is 4.34. The maximum atomic E-state index is 13.5. The first-order chi connectivity index (χ1) is 11.9. The summed E-state index contributed by atoms with van der Waals surface area (Å²) in [6.45, 7) is 1.40. The van der Waals surface area contributed by atoms with Gasteiger partial charge in [-0.1, -0.05) is 12.1 Å². The Bertz CT molecular complexity index is 737. The Labute approximate surface area is 147 Å². The maximum absolute atomic E-state index is 13.5. The molecule has 0 aliphatic carbocycles. The van der Waals surface area contributed by atoms with Crippen LogP contribution in [-0.4, -0.2) is 35.6 Å². The quantitative estimate of drug-likeness (QED) is 0.698. The summed E-state index contributed by atoms with van der Waals surface area (Å²) in [6.07, 6.45) is -1.10. The van der Waals surface area contributed by atoms with Crippen LogP contribution in [0.2, 0.25) is 0 Å². The van der Waals surface area contributed by atoms with E-state index >= 15 is 0 Å². The lowest BCUT2D eigenvalue weighted by molar-refractivity contribution is -0.123. The Morgan fingerprint density at radius 2 is 2.04 bits per heavy atom. The van der Waals surface area contributed by atoms with Crippen molar-refractivity contribution in [2.45, 2.75) is 25.5 Å². The molecule has 3 N–H and O–H groups in total. The number of hydrogen-bond acceptors (Lipinski definition) is 4. The molecule has 0 saturated heterocycles. The molecule has 0 bridgehead atoms. The Hall–Kier alpha value is -2.32. The zero-order chi connectivity index (χ0) is 18.4. The lowest BCUT2D eigenvalue weighted by atomic mass is 10.1. The van der Waals surface area contributed by atoms with Gasteiger partial charge in [-0.2, -0.15) is 0 Å². The Morgan fingerprint density at radius 1 is 1.28 bits per heavy atom. The minimum absolute atomic E-state index is 0.0671. The molecule has 2 amide bonds. The van der Waals surface area contributed by atoms with Gasteiger partial charge >= 0.3 is 0 Å². The van der Waals surface area contributed by atoms with Crippen molar-refractivity contribution in [2.75, 3.05) is 6.54 Å². The number of aliphatic hydroxyl groups is 1. The van der Waals surface area contributed by atoms with Gasteiger partial charge in [0.15, 0.2) is 0 Å². The van der Waals surface area contributed by atoms with Crippen molar-refractivity contribution in [3.8, 4) is 0 Å². The molecule has 25 heavy (non-hydrogen) atoms. The van der Waals surface area contributed by atoms with Crippen molar-refractivity contribution < 1.29 is 23.5 Å². The molecular weight excluding hydrogens is 350 g/mol. The molecule has 2 rings (SSSR count). The van der Waals surface area contributed by atoms with Gasteiger partial charge in [0, 0.05) is 19.0 Å². The molecule has 1 aromatic heterocycles. The van der Waals surface area contributed by atoms with Gasteiger partial charge in [-0.3, -0.25) is 9.59 Å². The third-order valence-electron chi connectivity index (χ3n) is 3.47. The Morgan fingerprint density at radius 3 is 2.68 bits per heavy atom. The van der Waals surface area contributed by atoms with Crippen LogP contribution in [0.15, 0.2) is 35.7 Å². The Kier molecular flexibility index (Phi) is 6.60. The van der Waals surface area contributed by atoms with Gasteiger partial charge in [0.05, 0.1) is 11.0 Å². The van der Waals surface area contributed by atoms with Crippen LogP contribution >= 0.6 is 11.3 Å². The smallest absolute Gasteiger partial charge is 0.261 e. The van der Waals surface area contributed by atoms with Crippen molar-refractivity contribution in [1.82, 2.24) is 10.6 Å². The third kappa shape index (κ3) is 5.61. The highest BCUT2D eigenvalue weighted by Gasteiger charge is 2.18. The highest BCUT2D eigenvalue weighted by atomic mass is 32.1. The fourth-order valence-electron chi connectivity index (χ4n) is 2.13. The Balaban J connectivity index is 1.79. The van der Waals surface area contributed by atoms with E-state index < -0.39 is 29.7 Å². The average Bonchev–Trinajstić information content (AvgIpc) is 3.09. The van der Waals surface area contributed by atoms with E-state index in [2.05, 4.69) is 10.6 Å². The summed E-state index contributed by atoms with van der Waals surface area (Å²) in [5.74, 6) is -2.27. The molecule has 0 saturated carbocycles.